The van der Waals surface area contributed by atoms with Crippen LogP contribution in [0.25, 0.3) is 22.3 Å². The van der Waals surface area contributed by atoms with Gasteiger partial charge in [-0.25, -0.2) is 23.5 Å². The van der Waals surface area contributed by atoms with Crippen molar-refractivity contribution in [3.05, 3.63) is 59.7 Å². The highest BCUT2D eigenvalue weighted by atomic mass is 127. The molecule has 4 N–H and O–H groups in total. The number of alkyl halides is 1. The minimum Gasteiger partial charge on any atom is -0.323 e. The summed E-state index contributed by atoms with van der Waals surface area (Å²) in [5.74, 6) is 1.16. The molecule has 4 aromatic rings. The third kappa shape index (κ3) is 3.82. The van der Waals surface area contributed by atoms with Gasteiger partial charge in [0.1, 0.15) is 5.82 Å². The quantitative estimate of drug-likeness (QED) is 0.210. The van der Waals surface area contributed by atoms with Gasteiger partial charge in [-0.15, -0.1) is 0 Å². The molecule has 0 spiro atoms. The maximum Gasteiger partial charge on any atom is 0.256 e. The van der Waals surface area contributed by atoms with Crippen LogP contribution in [0, 0.1) is 6.92 Å². The summed E-state index contributed by atoms with van der Waals surface area (Å²) in [7, 11) is -4.05. The summed E-state index contributed by atoms with van der Waals surface area (Å²) in [4.78, 5) is 8.89. The fourth-order valence-corrected chi connectivity index (χ4v) is 4.44. The Hall–Kier alpha value is -2.57. The highest BCUT2D eigenvalue weighted by Crippen LogP contribution is 2.30. The second-order valence-electron chi connectivity index (χ2n) is 6.40. The number of aromatic amines is 1. The summed E-state index contributed by atoms with van der Waals surface area (Å²) < 4.78 is 25.1. The lowest BCUT2D eigenvalue weighted by Gasteiger charge is -2.13. The van der Waals surface area contributed by atoms with Gasteiger partial charge in [-0.05, 0) is 24.6 Å². The van der Waals surface area contributed by atoms with E-state index in [1.807, 2.05) is 48.5 Å². The van der Waals surface area contributed by atoms with Crippen LogP contribution >= 0.6 is 22.6 Å². The number of hydrogen-bond donors (Lipinski definition) is 3. The standard InChI is InChI=1S/C19H17IN6O2S/c1-11-16(23-18-14-8-4-5-9-15(14)25-26-18)22-17(24-19(11)29(21,27)28)13-7-3-2-6-12(13)10-20/h2-9H,10H2,1H3,(H2,21,27,28)(H2,22,23,24,25,26). The molecule has 0 saturated heterocycles. The number of nitrogens with zero attached hydrogens (tertiary/aromatic N) is 3. The molecule has 10 heteroatoms. The van der Waals surface area contributed by atoms with Crippen LogP contribution in [0.2, 0.25) is 0 Å². The second kappa shape index (κ2) is 7.69. The zero-order chi connectivity index (χ0) is 20.6. The van der Waals surface area contributed by atoms with Crippen molar-refractivity contribution in [2.45, 2.75) is 16.4 Å². The van der Waals surface area contributed by atoms with Gasteiger partial charge < -0.3 is 5.32 Å². The summed E-state index contributed by atoms with van der Waals surface area (Å²) in [6, 6.07) is 15.2. The molecular weight excluding hydrogens is 503 g/mol. The van der Waals surface area contributed by atoms with Crippen LogP contribution in [0.3, 0.4) is 0 Å². The third-order valence-electron chi connectivity index (χ3n) is 4.48. The van der Waals surface area contributed by atoms with Crippen LogP contribution in [-0.4, -0.2) is 28.6 Å². The number of benzene rings is 2. The number of hydrogen-bond acceptors (Lipinski definition) is 6. The van der Waals surface area contributed by atoms with Crippen LogP contribution in [0.15, 0.2) is 53.6 Å². The molecular formula is C19H17IN6O2S. The molecule has 0 radical (unpaired) electrons. The molecule has 4 rings (SSSR count). The summed E-state index contributed by atoms with van der Waals surface area (Å²) in [5.41, 5.74) is 2.93. The monoisotopic (exact) mass is 520 g/mol. The topological polar surface area (TPSA) is 127 Å². The first-order valence-corrected chi connectivity index (χ1v) is 11.7. The van der Waals surface area contributed by atoms with Gasteiger partial charge in [-0.2, -0.15) is 5.10 Å². The molecule has 0 aliphatic rings. The van der Waals surface area contributed by atoms with E-state index in [0.29, 0.717) is 17.2 Å². The van der Waals surface area contributed by atoms with E-state index in [-0.39, 0.29) is 10.9 Å². The lowest BCUT2D eigenvalue weighted by molar-refractivity contribution is 0.593. The van der Waals surface area contributed by atoms with E-state index >= 15 is 0 Å². The smallest absolute Gasteiger partial charge is 0.256 e. The summed E-state index contributed by atoms with van der Waals surface area (Å²) in [6.07, 6.45) is 0. The number of fused-ring (bicyclic) bond motifs is 1. The van der Waals surface area contributed by atoms with Gasteiger partial charge in [0.2, 0.25) is 0 Å². The van der Waals surface area contributed by atoms with Gasteiger partial charge in [0.25, 0.3) is 10.0 Å². The lowest BCUT2D eigenvalue weighted by Crippen LogP contribution is -2.18. The Morgan fingerprint density at radius 1 is 1.07 bits per heavy atom. The van der Waals surface area contributed by atoms with E-state index in [1.54, 1.807) is 6.92 Å². The van der Waals surface area contributed by atoms with E-state index < -0.39 is 10.0 Å². The highest BCUT2D eigenvalue weighted by Gasteiger charge is 2.22. The summed E-state index contributed by atoms with van der Waals surface area (Å²) in [5, 5.41) is 16.4. The molecule has 0 unspecified atom stereocenters. The Labute approximate surface area is 181 Å². The van der Waals surface area contributed by atoms with Gasteiger partial charge in [0, 0.05) is 20.9 Å². The molecule has 0 amide bonds. The molecule has 2 aromatic heterocycles. The predicted octanol–water partition coefficient (Wildman–Crippen LogP) is 3.65. The van der Waals surface area contributed by atoms with E-state index in [9.17, 15) is 8.42 Å². The Kier molecular flexibility index (Phi) is 5.23. The summed E-state index contributed by atoms with van der Waals surface area (Å²) >= 11 is 2.24. The maximum atomic E-state index is 12.2. The minimum atomic E-state index is -4.05. The largest absolute Gasteiger partial charge is 0.323 e. The molecule has 29 heavy (non-hydrogen) atoms. The molecule has 0 saturated carbocycles. The fraction of sp³-hybridized carbons (Fsp3) is 0.105. The maximum absolute atomic E-state index is 12.2. The summed E-state index contributed by atoms with van der Waals surface area (Å²) in [6.45, 7) is 1.62. The molecule has 0 aliphatic carbocycles. The molecule has 2 heterocycles. The van der Waals surface area contributed by atoms with Gasteiger partial charge in [-0.3, -0.25) is 5.10 Å². The van der Waals surface area contributed by atoms with E-state index in [1.165, 1.54) is 0 Å². The van der Waals surface area contributed by atoms with Crippen molar-refractivity contribution in [1.82, 2.24) is 20.2 Å². The number of aromatic nitrogens is 4. The average molecular weight is 520 g/mol. The van der Waals surface area contributed by atoms with Crippen molar-refractivity contribution in [1.29, 1.82) is 0 Å². The normalized spacial score (nSPS) is 11.7. The van der Waals surface area contributed by atoms with Crippen molar-refractivity contribution >= 4 is 55.2 Å². The number of nitrogens with one attached hydrogen (secondary N) is 2. The first kappa shape index (κ1) is 19.7. The Bertz CT molecular complexity index is 1320. The second-order valence-corrected chi connectivity index (χ2v) is 8.64. The molecule has 0 aliphatic heterocycles. The highest BCUT2D eigenvalue weighted by molar-refractivity contribution is 14.1. The Balaban J connectivity index is 1.91. The van der Waals surface area contributed by atoms with Crippen molar-refractivity contribution in [2.75, 3.05) is 5.32 Å². The first-order valence-electron chi connectivity index (χ1n) is 8.64. The average Bonchev–Trinajstić information content (AvgIpc) is 3.11. The van der Waals surface area contributed by atoms with E-state index in [0.717, 1.165) is 26.5 Å². The Morgan fingerprint density at radius 3 is 2.55 bits per heavy atom. The van der Waals surface area contributed by atoms with Gasteiger partial charge in [0.05, 0.1) is 5.52 Å². The van der Waals surface area contributed by atoms with Crippen molar-refractivity contribution in [2.24, 2.45) is 5.14 Å². The minimum absolute atomic E-state index is 0.215. The zero-order valence-corrected chi connectivity index (χ0v) is 18.3. The molecule has 2 aromatic carbocycles. The van der Waals surface area contributed by atoms with Crippen LogP contribution in [0.5, 0.6) is 0 Å². The number of primary sulfonamides is 1. The SMILES string of the molecule is Cc1c(Nc2n[nH]c3ccccc23)nc(-c2ccccc2CI)nc1S(N)(=O)=O. The van der Waals surface area contributed by atoms with Crippen molar-refractivity contribution in [3.8, 4) is 11.4 Å². The number of halogens is 1. The number of sulfonamides is 1. The number of rotatable bonds is 5. The van der Waals surface area contributed by atoms with E-state index in [4.69, 9.17) is 5.14 Å². The van der Waals surface area contributed by atoms with Crippen LogP contribution < -0.4 is 10.5 Å². The molecule has 0 bridgehead atoms. The van der Waals surface area contributed by atoms with Crippen molar-refractivity contribution < 1.29 is 8.42 Å². The first-order chi connectivity index (χ1) is 13.9. The number of para-hydroxylation sites is 1. The lowest BCUT2D eigenvalue weighted by atomic mass is 10.1. The van der Waals surface area contributed by atoms with Crippen LogP contribution in [0.4, 0.5) is 11.6 Å². The van der Waals surface area contributed by atoms with Gasteiger partial charge in [0.15, 0.2) is 16.7 Å². The third-order valence-corrected chi connectivity index (χ3v) is 6.24. The molecule has 148 valence electrons. The van der Waals surface area contributed by atoms with Crippen molar-refractivity contribution in [3.63, 3.8) is 0 Å². The van der Waals surface area contributed by atoms with Crippen LogP contribution in [0.1, 0.15) is 11.1 Å². The van der Waals surface area contributed by atoms with E-state index in [2.05, 4.69) is 48.1 Å². The van der Waals surface area contributed by atoms with Gasteiger partial charge >= 0.3 is 0 Å². The number of H-pyrrole nitrogens is 1. The molecule has 8 nitrogen and oxygen atoms in total. The molecule has 0 atom stereocenters. The number of anilines is 2. The zero-order valence-electron chi connectivity index (χ0n) is 15.3. The fourth-order valence-electron chi connectivity index (χ4n) is 3.04. The van der Waals surface area contributed by atoms with Gasteiger partial charge in [-0.1, -0.05) is 59.0 Å². The Morgan fingerprint density at radius 2 is 1.79 bits per heavy atom. The molecule has 0 fully saturated rings. The predicted molar refractivity (Wildman–Crippen MR) is 121 cm³/mol. The van der Waals surface area contributed by atoms with Crippen LogP contribution in [-0.2, 0) is 14.5 Å². The number of nitrogens with two attached hydrogens (primary N) is 1.